The van der Waals surface area contributed by atoms with E-state index in [1.165, 1.54) is 12.1 Å². The van der Waals surface area contributed by atoms with Crippen LogP contribution in [-0.4, -0.2) is 43.2 Å². The molecule has 17 heavy (non-hydrogen) atoms. The van der Waals surface area contributed by atoms with E-state index in [1.807, 2.05) is 0 Å². The van der Waals surface area contributed by atoms with Gasteiger partial charge in [0.1, 0.15) is 11.9 Å². The molecule has 2 saturated heterocycles. The first-order valence-corrected chi connectivity index (χ1v) is 5.77. The predicted octanol–water partition coefficient (Wildman–Crippen LogP) is 0.404. The fraction of sp³-hybridized carbons (Fsp3) is 0.417. The van der Waals surface area contributed by atoms with Crippen LogP contribution < -0.4 is 10.2 Å². The number of nitrogens with zero attached hydrogens (tertiary/aromatic N) is 2. The maximum absolute atomic E-state index is 13.2. The van der Waals surface area contributed by atoms with Crippen LogP contribution in [0, 0.1) is 5.82 Å². The summed E-state index contributed by atoms with van der Waals surface area (Å²) in [5.41, 5.74) is 0.643. The molecule has 0 bridgehead atoms. The van der Waals surface area contributed by atoms with Gasteiger partial charge in [-0.05, 0) is 18.2 Å². The van der Waals surface area contributed by atoms with Gasteiger partial charge in [0.25, 0.3) is 0 Å². The first-order chi connectivity index (χ1) is 8.25. The highest BCUT2D eigenvalue weighted by molar-refractivity contribution is 5.99. The average Bonchev–Trinajstić information content (AvgIpc) is 2.68. The van der Waals surface area contributed by atoms with Crippen LogP contribution >= 0.6 is 0 Å². The molecule has 2 aliphatic rings. The molecule has 1 N–H and O–H groups in total. The molecule has 2 heterocycles. The monoisotopic (exact) mass is 235 g/mol. The molecule has 3 rings (SSSR count). The Bertz CT molecular complexity index is 451. The molecule has 1 aromatic rings. The molecular weight excluding hydrogens is 221 g/mol. The van der Waals surface area contributed by atoms with Gasteiger partial charge in [0.15, 0.2) is 0 Å². The number of carbonyl (C=O) groups excluding carboxylic acids is 1. The summed E-state index contributed by atoms with van der Waals surface area (Å²) in [6.45, 7) is 3.02. The molecule has 90 valence electrons. The van der Waals surface area contributed by atoms with E-state index in [0.717, 1.165) is 13.1 Å². The Balaban J connectivity index is 1.87. The second-order valence-corrected chi connectivity index (χ2v) is 4.42. The fourth-order valence-electron chi connectivity index (χ4n) is 2.44. The number of hydrogen-bond acceptors (Lipinski definition) is 3. The van der Waals surface area contributed by atoms with Crippen molar-refractivity contribution in [3.8, 4) is 0 Å². The van der Waals surface area contributed by atoms with Gasteiger partial charge in [-0.25, -0.2) is 4.39 Å². The molecule has 2 aliphatic heterocycles. The van der Waals surface area contributed by atoms with E-state index in [1.54, 1.807) is 17.0 Å². The van der Waals surface area contributed by atoms with Crippen molar-refractivity contribution in [3.63, 3.8) is 0 Å². The van der Waals surface area contributed by atoms with Crippen molar-refractivity contribution in [2.45, 2.75) is 6.04 Å². The molecule has 0 aliphatic carbocycles. The normalized spacial score (nSPS) is 25.1. The van der Waals surface area contributed by atoms with Crippen LogP contribution in [0.3, 0.4) is 0 Å². The largest absolute Gasteiger partial charge is 0.313 e. The average molecular weight is 235 g/mol. The lowest BCUT2D eigenvalue weighted by Gasteiger charge is -2.26. The van der Waals surface area contributed by atoms with E-state index in [-0.39, 0.29) is 17.8 Å². The van der Waals surface area contributed by atoms with Crippen LogP contribution in [0.1, 0.15) is 0 Å². The van der Waals surface area contributed by atoms with Crippen molar-refractivity contribution in [2.24, 2.45) is 0 Å². The summed E-state index contributed by atoms with van der Waals surface area (Å²) in [5.74, 6) is -0.249. The third-order valence-electron chi connectivity index (χ3n) is 3.35. The molecular formula is C12H14FN3O. The summed E-state index contributed by atoms with van der Waals surface area (Å²) in [7, 11) is 0. The van der Waals surface area contributed by atoms with Crippen LogP contribution in [0.5, 0.6) is 0 Å². The summed E-state index contributed by atoms with van der Waals surface area (Å²) in [6, 6.07) is 6.11. The summed E-state index contributed by atoms with van der Waals surface area (Å²) < 4.78 is 13.2. The first kappa shape index (κ1) is 10.7. The number of nitrogens with one attached hydrogen (secondary N) is 1. The second-order valence-electron chi connectivity index (χ2n) is 4.42. The summed E-state index contributed by atoms with van der Waals surface area (Å²) in [6.07, 6.45) is 0. The van der Waals surface area contributed by atoms with Gasteiger partial charge >= 0.3 is 0 Å². The molecule has 0 saturated carbocycles. The molecule has 5 heteroatoms. The van der Waals surface area contributed by atoms with E-state index in [9.17, 15) is 9.18 Å². The van der Waals surface area contributed by atoms with Crippen LogP contribution in [0.2, 0.25) is 0 Å². The van der Waals surface area contributed by atoms with Crippen molar-refractivity contribution < 1.29 is 9.18 Å². The van der Waals surface area contributed by atoms with Gasteiger partial charge < -0.3 is 5.32 Å². The maximum Gasteiger partial charge on any atom is 0.246 e. The molecule has 4 nitrogen and oxygen atoms in total. The third-order valence-corrected chi connectivity index (χ3v) is 3.35. The Morgan fingerprint density at radius 3 is 3.06 bits per heavy atom. The van der Waals surface area contributed by atoms with Gasteiger partial charge in [-0.3, -0.25) is 14.6 Å². The number of benzene rings is 1. The number of anilines is 1. The van der Waals surface area contributed by atoms with Crippen LogP contribution in [0.15, 0.2) is 24.3 Å². The zero-order valence-electron chi connectivity index (χ0n) is 9.40. The minimum atomic E-state index is -0.307. The fourth-order valence-corrected chi connectivity index (χ4v) is 2.44. The van der Waals surface area contributed by atoms with E-state index >= 15 is 0 Å². The smallest absolute Gasteiger partial charge is 0.246 e. The molecule has 1 aromatic carbocycles. The minimum absolute atomic E-state index is 0.0581. The lowest BCUT2D eigenvalue weighted by molar-refractivity contribution is -0.119. The Hall–Kier alpha value is -1.46. The standard InChI is InChI=1S/C12H14FN3O/c13-9-2-1-3-10(6-9)16-8-15-5-4-14-7-11(15)12(16)17/h1-3,6,11,14H,4-5,7-8H2. The second kappa shape index (κ2) is 4.09. The summed E-state index contributed by atoms with van der Waals surface area (Å²) >= 11 is 0. The Kier molecular flexibility index (Phi) is 2.57. The van der Waals surface area contributed by atoms with Gasteiger partial charge in [-0.2, -0.15) is 0 Å². The highest BCUT2D eigenvalue weighted by Crippen LogP contribution is 2.24. The molecule has 1 amide bonds. The van der Waals surface area contributed by atoms with Gasteiger partial charge in [-0.15, -0.1) is 0 Å². The third kappa shape index (κ3) is 1.81. The van der Waals surface area contributed by atoms with Gasteiger partial charge in [0.05, 0.1) is 6.67 Å². The lowest BCUT2D eigenvalue weighted by Crippen LogP contribution is -2.50. The maximum atomic E-state index is 13.2. The number of rotatable bonds is 1. The Morgan fingerprint density at radius 1 is 1.41 bits per heavy atom. The van der Waals surface area contributed by atoms with Gasteiger partial charge in [0.2, 0.25) is 5.91 Å². The van der Waals surface area contributed by atoms with Crippen molar-refractivity contribution >= 4 is 11.6 Å². The van der Waals surface area contributed by atoms with Crippen LogP contribution in [-0.2, 0) is 4.79 Å². The number of fused-ring (bicyclic) bond motifs is 1. The molecule has 0 spiro atoms. The topological polar surface area (TPSA) is 35.6 Å². The van der Waals surface area contributed by atoms with Crippen LogP contribution in [0.25, 0.3) is 0 Å². The zero-order valence-corrected chi connectivity index (χ0v) is 9.40. The minimum Gasteiger partial charge on any atom is -0.313 e. The number of piperazine rings is 1. The van der Waals surface area contributed by atoms with Crippen molar-refractivity contribution in [1.29, 1.82) is 0 Å². The number of hydrogen-bond donors (Lipinski definition) is 1. The number of carbonyl (C=O) groups is 1. The predicted molar refractivity (Wildman–Crippen MR) is 62.1 cm³/mol. The molecule has 2 fully saturated rings. The van der Waals surface area contributed by atoms with Gasteiger partial charge in [-0.1, -0.05) is 6.07 Å². The SMILES string of the molecule is O=C1C2CNCCN2CN1c1cccc(F)c1. The quantitative estimate of drug-likeness (QED) is 0.765. The number of amides is 1. The first-order valence-electron chi connectivity index (χ1n) is 5.77. The summed E-state index contributed by atoms with van der Waals surface area (Å²) in [5, 5.41) is 3.21. The van der Waals surface area contributed by atoms with E-state index in [4.69, 9.17) is 0 Å². The Morgan fingerprint density at radius 2 is 2.29 bits per heavy atom. The summed E-state index contributed by atoms with van der Waals surface area (Å²) in [4.78, 5) is 16.0. The van der Waals surface area contributed by atoms with Crippen LogP contribution in [0.4, 0.5) is 10.1 Å². The van der Waals surface area contributed by atoms with E-state index in [2.05, 4.69) is 10.2 Å². The zero-order chi connectivity index (χ0) is 11.8. The van der Waals surface area contributed by atoms with Crippen molar-refractivity contribution in [3.05, 3.63) is 30.1 Å². The molecule has 0 radical (unpaired) electrons. The molecule has 1 atom stereocenters. The van der Waals surface area contributed by atoms with E-state index < -0.39 is 0 Å². The van der Waals surface area contributed by atoms with E-state index in [0.29, 0.717) is 18.9 Å². The van der Waals surface area contributed by atoms with Crippen molar-refractivity contribution in [2.75, 3.05) is 31.2 Å². The lowest BCUT2D eigenvalue weighted by atomic mass is 10.2. The number of halogens is 1. The van der Waals surface area contributed by atoms with Gasteiger partial charge in [0, 0.05) is 25.3 Å². The Labute approximate surface area is 99.0 Å². The van der Waals surface area contributed by atoms with Crippen molar-refractivity contribution in [1.82, 2.24) is 10.2 Å². The molecule has 1 unspecified atom stereocenters. The molecule has 0 aromatic heterocycles. The highest BCUT2D eigenvalue weighted by Gasteiger charge is 2.40. The highest BCUT2D eigenvalue weighted by atomic mass is 19.1.